The van der Waals surface area contributed by atoms with E-state index in [-0.39, 0.29) is 12.4 Å². The van der Waals surface area contributed by atoms with Crippen LogP contribution in [0.25, 0.3) is 0 Å². The van der Waals surface area contributed by atoms with E-state index in [4.69, 9.17) is 19.9 Å². The lowest BCUT2D eigenvalue weighted by molar-refractivity contribution is 0.130. The number of benzene rings is 2. The van der Waals surface area contributed by atoms with Gasteiger partial charge < -0.3 is 25.1 Å². The maximum Gasteiger partial charge on any atom is 0.164 e. The number of nitrogens with two attached hydrogens (primary N) is 1. The Kier molecular flexibility index (Phi) is 10.0. The topological polar surface area (TPSA) is 73.9 Å². The highest BCUT2D eigenvalue weighted by Gasteiger charge is 2.23. The minimum absolute atomic E-state index is 0. The maximum absolute atomic E-state index is 10.4. The van der Waals surface area contributed by atoms with Gasteiger partial charge in [0, 0.05) is 11.6 Å². The van der Waals surface area contributed by atoms with Gasteiger partial charge in [0.15, 0.2) is 11.5 Å². The molecular weight excluding hydrogens is 366 g/mol. The summed E-state index contributed by atoms with van der Waals surface area (Å²) in [6.07, 6.45) is 1.92. The molecule has 5 nitrogen and oxygen atoms in total. The summed E-state index contributed by atoms with van der Waals surface area (Å²) in [7, 11) is 3.15. The molecule has 2 rings (SSSR count). The zero-order valence-electron chi connectivity index (χ0n) is 16.2. The molecule has 2 aromatic rings. The molecule has 0 aliphatic rings. The number of unbranched alkanes of at least 4 members (excludes halogenated alkanes) is 1. The van der Waals surface area contributed by atoms with Crippen molar-refractivity contribution in [3.63, 3.8) is 0 Å². The second-order valence-corrected chi connectivity index (χ2v) is 6.25. The summed E-state index contributed by atoms with van der Waals surface area (Å²) in [5, 5.41) is 10.4. The highest BCUT2D eigenvalue weighted by atomic mass is 35.5. The first-order valence-electron chi connectivity index (χ1n) is 8.97. The number of rotatable bonds is 10. The Morgan fingerprint density at radius 1 is 1.00 bits per heavy atom. The Morgan fingerprint density at radius 2 is 1.63 bits per heavy atom. The first-order chi connectivity index (χ1) is 12.6. The summed E-state index contributed by atoms with van der Waals surface area (Å²) in [6, 6.07) is 12.9. The van der Waals surface area contributed by atoms with Crippen molar-refractivity contribution in [3.05, 3.63) is 53.6 Å². The fourth-order valence-electron chi connectivity index (χ4n) is 2.80. The molecule has 2 atom stereocenters. The molecule has 0 bridgehead atoms. The molecule has 0 aliphatic carbocycles. The fourth-order valence-corrected chi connectivity index (χ4v) is 2.80. The van der Waals surface area contributed by atoms with Gasteiger partial charge in [-0.05, 0) is 18.1 Å². The molecule has 0 saturated heterocycles. The molecule has 0 heterocycles. The number of hydrogen-bond donors (Lipinski definition) is 2. The third-order valence-electron chi connectivity index (χ3n) is 4.38. The number of aliphatic hydroxyl groups excluding tert-OH is 1. The number of halogens is 1. The van der Waals surface area contributed by atoms with Gasteiger partial charge in [-0.1, -0.05) is 50.1 Å². The highest BCUT2D eigenvalue weighted by Crippen LogP contribution is 2.38. The van der Waals surface area contributed by atoms with Gasteiger partial charge in [0.05, 0.1) is 26.4 Å². The molecule has 0 spiro atoms. The lowest BCUT2D eigenvalue weighted by atomic mass is 9.97. The lowest BCUT2D eigenvalue weighted by Crippen LogP contribution is -2.26. The summed E-state index contributed by atoms with van der Waals surface area (Å²) in [5.74, 6) is 1.72. The van der Waals surface area contributed by atoms with E-state index in [1.807, 2.05) is 30.3 Å². The number of aliphatic hydroxyl groups is 1. The summed E-state index contributed by atoms with van der Waals surface area (Å²) >= 11 is 0. The smallest absolute Gasteiger partial charge is 0.164 e. The van der Waals surface area contributed by atoms with Crippen LogP contribution in [0.4, 0.5) is 0 Å². The largest absolute Gasteiger partial charge is 0.493 e. The lowest BCUT2D eigenvalue weighted by Gasteiger charge is -2.23. The SMILES string of the molecule is CCCC[C@@H](O)[C@@H](N)c1cc(OC)c(OC)cc1OCc1ccccc1.Cl. The van der Waals surface area contributed by atoms with Gasteiger partial charge in [0.1, 0.15) is 12.4 Å². The van der Waals surface area contributed by atoms with Crippen molar-refractivity contribution >= 4 is 12.4 Å². The van der Waals surface area contributed by atoms with Gasteiger partial charge in [0.25, 0.3) is 0 Å². The predicted molar refractivity (Wildman–Crippen MR) is 110 cm³/mol. The molecule has 0 unspecified atom stereocenters. The van der Waals surface area contributed by atoms with Gasteiger partial charge in [-0.2, -0.15) is 0 Å². The first kappa shape index (κ1) is 23.1. The standard InChI is InChI=1S/C21H29NO4.ClH/c1-4-5-11-17(23)21(22)16-12-19(24-2)20(25-3)13-18(16)26-14-15-9-7-6-8-10-15;/h6-10,12-13,17,21,23H,4-5,11,14,22H2,1-3H3;1H/t17-,21+;/m1./s1. The number of methoxy groups -OCH3 is 2. The van der Waals surface area contributed by atoms with E-state index < -0.39 is 12.1 Å². The molecule has 150 valence electrons. The quantitative estimate of drug-likeness (QED) is 0.628. The monoisotopic (exact) mass is 395 g/mol. The van der Waals surface area contributed by atoms with Crippen molar-refractivity contribution in [2.45, 2.75) is 44.9 Å². The Balaban J connectivity index is 0.00000364. The van der Waals surface area contributed by atoms with E-state index in [2.05, 4.69) is 6.92 Å². The van der Waals surface area contributed by atoms with Crippen LogP contribution in [0.1, 0.15) is 43.4 Å². The summed E-state index contributed by atoms with van der Waals surface area (Å²) in [4.78, 5) is 0. The van der Waals surface area contributed by atoms with E-state index in [1.54, 1.807) is 26.4 Å². The molecule has 0 fully saturated rings. The average Bonchev–Trinajstić information content (AvgIpc) is 2.69. The maximum atomic E-state index is 10.4. The molecule has 0 radical (unpaired) electrons. The van der Waals surface area contributed by atoms with E-state index in [0.29, 0.717) is 35.8 Å². The predicted octanol–water partition coefficient (Wildman–Crippen LogP) is 4.26. The third kappa shape index (κ3) is 6.31. The van der Waals surface area contributed by atoms with Crippen LogP contribution in [0.15, 0.2) is 42.5 Å². The van der Waals surface area contributed by atoms with Crippen molar-refractivity contribution in [3.8, 4) is 17.2 Å². The van der Waals surface area contributed by atoms with Crippen LogP contribution in [0.5, 0.6) is 17.2 Å². The molecule has 27 heavy (non-hydrogen) atoms. The average molecular weight is 396 g/mol. The Bertz CT molecular complexity index is 681. The van der Waals surface area contributed by atoms with Crippen molar-refractivity contribution < 1.29 is 19.3 Å². The van der Waals surface area contributed by atoms with Crippen molar-refractivity contribution in [1.82, 2.24) is 0 Å². The van der Waals surface area contributed by atoms with Crippen LogP contribution in [-0.2, 0) is 6.61 Å². The minimum atomic E-state index is -0.646. The normalized spacial score (nSPS) is 12.6. The van der Waals surface area contributed by atoms with Crippen LogP contribution < -0.4 is 19.9 Å². The summed E-state index contributed by atoms with van der Waals surface area (Å²) in [6.45, 7) is 2.49. The molecule has 0 aromatic heterocycles. The molecule has 0 saturated carbocycles. The van der Waals surface area contributed by atoms with Gasteiger partial charge in [-0.3, -0.25) is 0 Å². The van der Waals surface area contributed by atoms with Crippen LogP contribution in [0.2, 0.25) is 0 Å². The minimum Gasteiger partial charge on any atom is -0.493 e. The van der Waals surface area contributed by atoms with Crippen LogP contribution >= 0.6 is 12.4 Å². The van der Waals surface area contributed by atoms with Crippen molar-refractivity contribution in [2.75, 3.05) is 14.2 Å². The van der Waals surface area contributed by atoms with Gasteiger partial charge in [-0.25, -0.2) is 0 Å². The Labute approximate surface area is 167 Å². The second-order valence-electron chi connectivity index (χ2n) is 6.25. The molecule has 6 heteroatoms. The fraction of sp³-hybridized carbons (Fsp3) is 0.429. The Morgan fingerprint density at radius 3 is 2.22 bits per heavy atom. The summed E-state index contributed by atoms with van der Waals surface area (Å²) < 4.78 is 16.8. The van der Waals surface area contributed by atoms with Crippen LogP contribution in [-0.4, -0.2) is 25.4 Å². The van der Waals surface area contributed by atoms with Gasteiger partial charge >= 0.3 is 0 Å². The van der Waals surface area contributed by atoms with Crippen LogP contribution in [0, 0.1) is 0 Å². The molecule has 0 aliphatic heterocycles. The zero-order valence-corrected chi connectivity index (χ0v) is 17.0. The molecule has 3 N–H and O–H groups in total. The Hall–Kier alpha value is -1.95. The first-order valence-corrected chi connectivity index (χ1v) is 8.97. The van der Waals surface area contributed by atoms with Crippen molar-refractivity contribution in [1.29, 1.82) is 0 Å². The van der Waals surface area contributed by atoms with E-state index in [9.17, 15) is 5.11 Å². The number of hydrogen-bond acceptors (Lipinski definition) is 5. The molecular formula is C21H30ClNO4. The third-order valence-corrected chi connectivity index (χ3v) is 4.38. The van der Waals surface area contributed by atoms with Gasteiger partial charge in [-0.15, -0.1) is 12.4 Å². The molecule has 2 aromatic carbocycles. The summed E-state index contributed by atoms with van der Waals surface area (Å²) in [5.41, 5.74) is 8.10. The zero-order chi connectivity index (χ0) is 18.9. The van der Waals surface area contributed by atoms with E-state index in [0.717, 1.165) is 18.4 Å². The van der Waals surface area contributed by atoms with E-state index in [1.165, 1.54) is 0 Å². The van der Waals surface area contributed by atoms with Crippen LogP contribution in [0.3, 0.4) is 0 Å². The highest BCUT2D eigenvalue weighted by molar-refractivity contribution is 5.85. The second kappa shape index (κ2) is 11.7. The number of ether oxygens (including phenoxy) is 3. The van der Waals surface area contributed by atoms with Gasteiger partial charge in [0.2, 0.25) is 0 Å². The van der Waals surface area contributed by atoms with Crippen molar-refractivity contribution in [2.24, 2.45) is 5.73 Å². The molecule has 0 amide bonds. The van der Waals surface area contributed by atoms with E-state index >= 15 is 0 Å².